The first kappa shape index (κ1) is 10.3. The van der Waals surface area contributed by atoms with E-state index in [-0.39, 0.29) is 18.6 Å². The average Bonchev–Trinajstić information content (AvgIpc) is 2.74. The van der Waals surface area contributed by atoms with Crippen LogP contribution in [0.3, 0.4) is 0 Å². The Morgan fingerprint density at radius 2 is 2.12 bits per heavy atom. The van der Waals surface area contributed by atoms with E-state index in [4.69, 9.17) is 9.47 Å². The molecule has 0 unspecified atom stereocenters. The first-order valence-corrected chi connectivity index (χ1v) is 4.43. The Hall–Kier alpha value is -2.24. The molecular formula is C10H8FNO4. The molecule has 84 valence electrons. The highest BCUT2D eigenvalue weighted by atomic mass is 19.1. The predicted octanol–water partition coefficient (Wildman–Crippen LogP) is 2.18. The number of amides is 1. The zero-order valence-electron chi connectivity index (χ0n) is 8.10. The van der Waals surface area contributed by atoms with Gasteiger partial charge in [-0.05, 0) is 24.3 Å². The molecule has 2 rings (SSSR count). The molecule has 0 spiro atoms. The molecule has 1 aromatic rings. The zero-order valence-corrected chi connectivity index (χ0v) is 8.10. The van der Waals surface area contributed by atoms with Crippen LogP contribution in [0.5, 0.6) is 0 Å². The third kappa shape index (κ3) is 2.63. The quantitative estimate of drug-likeness (QED) is 0.838. The highest BCUT2D eigenvalue weighted by Crippen LogP contribution is 2.12. The van der Waals surface area contributed by atoms with Crippen molar-refractivity contribution in [3.05, 3.63) is 42.3 Å². The summed E-state index contributed by atoms with van der Waals surface area (Å²) in [7, 11) is 0. The number of ether oxygens (including phenoxy) is 3. The van der Waals surface area contributed by atoms with Crippen LogP contribution in [0.1, 0.15) is 0 Å². The molecule has 0 radical (unpaired) electrons. The van der Waals surface area contributed by atoms with Gasteiger partial charge in [-0.25, -0.2) is 9.18 Å². The van der Waals surface area contributed by atoms with Crippen LogP contribution in [0, 0.1) is 5.82 Å². The summed E-state index contributed by atoms with van der Waals surface area (Å²) < 4.78 is 26.7. The fourth-order valence-corrected chi connectivity index (χ4v) is 1.05. The van der Waals surface area contributed by atoms with Gasteiger partial charge in [-0.1, -0.05) is 0 Å². The molecule has 6 heteroatoms. The van der Waals surface area contributed by atoms with Crippen molar-refractivity contribution >= 4 is 11.8 Å². The summed E-state index contributed by atoms with van der Waals surface area (Å²) in [6.07, 6.45) is 0.452. The molecule has 1 aromatic carbocycles. The summed E-state index contributed by atoms with van der Waals surface area (Å²) in [6, 6.07) is 5.28. The van der Waals surface area contributed by atoms with Crippen molar-refractivity contribution in [2.45, 2.75) is 0 Å². The lowest BCUT2D eigenvalue weighted by molar-refractivity contribution is 0.0316. The van der Waals surface area contributed by atoms with Crippen LogP contribution >= 0.6 is 0 Å². The highest BCUT2D eigenvalue weighted by molar-refractivity contribution is 5.85. The number of anilines is 1. The van der Waals surface area contributed by atoms with E-state index in [9.17, 15) is 9.18 Å². The van der Waals surface area contributed by atoms with Gasteiger partial charge in [0.2, 0.25) is 6.79 Å². The molecule has 1 aliphatic rings. The van der Waals surface area contributed by atoms with E-state index in [1.807, 2.05) is 0 Å². The van der Waals surface area contributed by atoms with Crippen molar-refractivity contribution in [2.24, 2.45) is 0 Å². The van der Waals surface area contributed by atoms with Crippen LogP contribution in [0.15, 0.2) is 36.5 Å². The lowest BCUT2D eigenvalue weighted by Gasteiger charge is -2.05. The SMILES string of the molecule is O=C(Nc1ccc(F)cc1)OC1=COCO1. The number of benzene rings is 1. The second kappa shape index (κ2) is 4.52. The molecule has 1 N–H and O–H groups in total. The minimum atomic E-state index is -0.733. The number of hydrogen-bond donors (Lipinski definition) is 1. The third-order valence-corrected chi connectivity index (χ3v) is 1.73. The molecule has 5 nitrogen and oxygen atoms in total. The van der Waals surface area contributed by atoms with Gasteiger partial charge in [0.05, 0.1) is 0 Å². The number of nitrogens with one attached hydrogen (secondary N) is 1. The van der Waals surface area contributed by atoms with Gasteiger partial charge in [-0.15, -0.1) is 0 Å². The summed E-state index contributed by atoms with van der Waals surface area (Å²) >= 11 is 0. The monoisotopic (exact) mass is 225 g/mol. The van der Waals surface area contributed by atoms with Crippen LogP contribution in [-0.2, 0) is 14.2 Å². The molecule has 0 fully saturated rings. The molecule has 16 heavy (non-hydrogen) atoms. The van der Waals surface area contributed by atoms with Crippen LogP contribution in [0.2, 0.25) is 0 Å². The van der Waals surface area contributed by atoms with E-state index in [2.05, 4.69) is 10.1 Å². The largest absolute Gasteiger partial charge is 0.458 e. The molecular weight excluding hydrogens is 217 g/mol. The summed E-state index contributed by atoms with van der Waals surface area (Å²) in [5, 5.41) is 2.39. The minimum absolute atomic E-state index is 0.0142. The molecule has 0 saturated heterocycles. The Morgan fingerprint density at radius 1 is 1.38 bits per heavy atom. The van der Waals surface area contributed by atoms with Gasteiger partial charge < -0.3 is 14.2 Å². The fourth-order valence-electron chi connectivity index (χ4n) is 1.05. The molecule has 1 amide bonds. The smallest absolute Gasteiger partial charge is 0.419 e. The van der Waals surface area contributed by atoms with E-state index in [0.717, 1.165) is 0 Å². The second-order valence-corrected chi connectivity index (χ2v) is 2.89. The van der Waals surface area contributed by atoms with Gasteiger partial charge in [0.15, 0.2) is 6.26 Å². The van der Waals surface area contributed by atoms with Crippen molar-refractivity contribution in [3.8, 4) is 0 Å². The van der Waals surface area contributed by atoms with Gasteiger partial charge in [0.1, 0.15) is 5.82 Å². The van der Waals surface area contributed by atoms with Crippen LogP contribution < -0.4 is 5.32 Å². The number of rotatable bonds is 2. The van der Waals surface area contributed by atoms with Crippen molar-refractivity contribution in [1.29, 1.82) is 0 Å². The van der Waals surface area contributed by atoms with Gasteiger partial charge in [-0.3, -0.25) is 5.32 Å². The van der Waals surface area contributed by atoms with E-state index < -0.39 is 6.09 Å². The Labute approximate surface area is 90.4 Å². The maximum absolute atomic E-state index is 12.6. The molecule has 1 heterocycles. The number of carbonyl (C=O) groups is 1. The van der Waals surface area contributed by atoms with Crippen molar-refractivity contribution in [2.75, 3.05) is 12.1 Å². The van der Waals surface area contributed by atoms with Crippen molar-refractivity contribution < 1.29 is 23.4 Å². The van der Waals surface area contributed by atoms with Gasteiger partial charge in [0, 0.05) is 5.69 Å². The minimum Gasteiger partial charge on any atom is -0.458 e. The maximum atomic E-state index is 12.6. The average molecular weight is 225 g/mol. The number of halogens is 1. The van der Waals surface area contributed by atoms with E-state index >= 15 is 0 Å². The lowest BCUT2D eigenvalue weighted by atomic mass is 10.3. The van der Waals surface area contributed by atoms with E-state index in [1.165, 1.54) is 30.5 Å². The zero-order chi connectivity index (χ0) is 11.4. The molecule has 0 saturated carbocycles. The summed E-state index contributed by atoms with van der Waals surface area (Å²) in [5.41, 5.74) is 0.422. The molecule has 1 aliphatic heterocycles. The van der Waals surface area contributed by atoms with Crippen LogP contribution in [0.4, 0.5) is 14.9 Å². The molecule has 0 bridgehead atoms. The Balaban J connectivity index is 1.89. The van der Waals surface area contributed by atoms with Crippen molar-refractivity contribution in [1.82, 2.24) is 0 Å². The molecule has 0 aromatic heterocycles. The van der Waals surface area contributed by atoms with E-state index in [1.54, 1.807) is 0 Å². The standard InChI is InChI=1S/C10H8FNO4/c11-7-1-3-8(4-2-7)12-10(13)16-9-5-14-6-15-9/h1-5H,6H2,(H,12,13). The van der Waals surface area contributed by atoms with Crippen LogP contribution in [0.25, 0.3) is 0 Å². The summed E-state index contributed by atoms with van der Waals surface area (Å²) in [6.45, 7) is 0.0269. The topological polar surface area (TPSA) is 56.8 Å². The number of carbonyl (C=O) groups excluding carboxylic acids is 1. The molecule has 0 atom stereocenters. The Morgan fingerprint density at radius 3 is 2.75 bits per heavy atom. The van der Waals surface area contributed by atoms with Crippen LogP contribution in [-0.4, -0.2) is 12.9 Å². The fraction of sp³-hybridized carbons (Fsp3) is 0.100. The highest BCUT2D eigenvalue weighted by Gasteiger charge is 2.12. The maximum Gasteiger partial charge on any atom is 0.419 e. The summed E-state index contributed by atoms with van der Waals surface area (Å²) in [5.74, 6) is -0.395. The molecule has 0 aliphatic carbocycles. The Kier molecular flexibility index (Phi) is 2.90. The van der Waals surface area contributed by atoms with Gasteiger partial charge in [-0.2, -0.15) is 0 Å². The normalized spacial score (nSPS) is 13.4. The summed E-state index contributed by atoms with van der Waals surface area (Å²) in [4.78, 5) is 11.2. The number of hydrogen-bond acceptors (Lipinski definition) is 4. The first-order valence-electron chi connectivity index (χ1n) is 4.43. The second-order valence-electron chi connectivity index (χ2n) is 2.89. The van der Waals surface area contributed by atoms with Crippen molar-refractivity contribution in [3.63, 3.8) is 0 Å². The van der Waals surface area contributed by atoms with Gasteiger partial charge in [0.25, 0.3) is 0 Å². The first-order chi connectivity index (χ1) is 7.74. The van der Waals surface area contributed by atoms with Gasteiger partial charge >= 0.3 is 12.0 Å². The van der Waals surface area contributed by atoms with E-state index in [0.29, 0.717) is 5.69 Å². The third-order valence-electron chi connectivity index (χ3n) is 1.73. The Bertz CT molecular complexity index is 415. The lowest BCUT2D eigenvalue weighted by Crippen LogP contribution is -2.13. The predicted molar refractivity (Wildman–Crippen MR) is 51.6 cm³/mol.